The van der Waals surface area contributed by atoms with Gasteiger partial charge in [0.15, 0.2) is 0 Å². The van der Waals surface area contributed by atoms with Crippen LogP contribution in [0.5, 0.6) is 0 Å². The van der Waals surface area contributed by atoms with E-state index in [2.05, 4.69) is 32.2 Å². The van der Waals surface area contributed by atoms with Gasteiger partial charge >= 0.3 is 0 Å². The fourth-order valence-electron chi connectivity index (χ4n) is 1.21. The molecule has 1 aromatic rings. The van der Waals surface area contributed by atoms with E-state index in [0.717, 1.165) is 5.57 Å². The molecule has 0 unspecified atom stereocenters. The van der Waals surface area contributed by atoms with Crippen LogP contribution in [0.25, 0.3) is 5.57 Å². The first-order valence-electron chi connectivity index (χ1n) is 5.29. The summed E-state index contributed by atoms with van der Waals surface area (Å²) in [6, 6.07) is 8.21. The van der Waals surface area contributed by atoms with Gasteiger partial charge in [-0.15, -0.1) is 0 Å². The Morgan fingerprint density at radius 1 is 1.20 bits per heavy atom. The molecular formula is C15H20. The SMILES string of the molecule is C=C/C=C\C(=C)c1ccccc1C.CC. The van der Waals surface area contributed by atoms with Crippen LogP contribution < -0.4 is 0 Å². The van der Waals surface area contributed by atoms with Crippen LogP contribution in [0.2, 0.25) is 0 Å². The molecule has 1 aromatic carbocycles. The Morgan fingerprint density at radius 2 is 1.80 bits per heavy atom. The summed E-state index contributed by atoms with van der Waals surface area (Å²) >= 11 is 0. The van der Waals surface area contributed by atoms with Gasteiger partial charge in [0.1, 0.15) is 0 Å². The third-order valence-electron chi connectivity index (χ3n) is 1.92. The zero-order chi connectivity index (χ0) is 11.7. The standard InChI is InChI=1S/C13H14.C2H6/c1-4-5-8-11(2)13-10-7-6-9-12(13)3;1-2/h4-10H,1-2H2,3H3;1-2H3/b8-5-;. The van der Waals surface area contributed by atoms with Crippen molar-refractivity contribution in [3.63, 3.8) is 0 Å². The summed E-state index contributed by atoms with van der Waals surface area (Å²) in [6.07, 6.45) is 5.62. The van der Waals surface area contributed by atoms with Crippen molar-refractivity contribution in [1.82, 2.24) is 0 Å². The summed E-state index contributed by atoms with van der Waals surface area (Å²) in [7, 11) is 0. The fourth-order valence-corrected chi connectivity index (χ4v) is 1.21. The summed E-state index contributed by atoms with van der Waals surface area (Å²) < 4.78 is 0. The van der Waals surface area contributed by atoms with E-state index in [1.807, 2.05) is 38.1 Å². The van der Waals surface area contributed by atoms with Gasteiger partial charge in [-0.2, -0.15) is 0 Å². The smallest absolute Gasteiger partial charge is 0.0161 e. The van der Waals surface area contributed by atoms with E-state index in [1.165, 1.54) is 11.1 Å². The van der Waals surface area contributed by atoms with Crippen LogP contribution >= 0.6 is 0 Å². The Hall–Kier alpha value is -1.56. The second-order valence-electron chi connectivity index (χ2n) is 2.93. The number of allylic oxidation sites excluding steroid dienone is 4. The predicted molar refractivity (Wildman–Crippen MR) is 70.9 cm³/mol. The molecule has 0 fully saturated rings. The van der Waals surface area contributed by atoms with Crippen LogP contribution in [0.1, 0.15) is 25.0 Å². The molecule has 0 saturated carbocycles. The maximum absolute atomic E-state index is 3.99. The monoisotopic (exact) mass is 200 g/mol. The van der Waals surface area contributed by atoms with Gasteiger partial charge in [-0.1, -0.05) is 69.5 Å². The minimum Gasteiger partial charge on any atom is -0.0991 e. The van der Waals surface area contributed by atoms with Crippen molar-refractivity contribution in [3.05, 3.63) is 66.8 Å². The van der Waals surface area contributed by atoms with E-state index in [0.29, 0.717) is 0 Å². The van der Waals surface area contributed by atoms with Crippen LogP contribution in [0.15, 0.2) is 55.7 Å². The minimum absolute atomic E-state index is 1.03. The molecular weight excluding hydrogens is 180 g/mol. The second kappa shape index (κ2) is 7.81. The molecule has 0 heterocycles. The lowest BCUT2D eigenvalue weighted by molar-refractivity contribution is 1.43. The molecule has 0 saturated heterocycles. The average Bonchev–Trinajstić information content (AvgIpc) is 2.29. The van der Waals surface area contributed by atoms with E-state index in [9.17, 15) is 0 Å². The van der Waals surface area contributed by atoms with E-state index in [4.69, 9.17) is 0 Å². The quantitative estimate of drug-likeness (QED) is 0.616. The predicted octanol–water partition coefficient (Wildman–Crippen LogP) is 4.78. The summed E-state index contributed by atoms with van der Waals surface area (Å²) in [5.41, 5.74) is 3.47. The Balaban J connectivity index is 0.000000921. The number of benzene rings is 1. The molecule has 0 aliphatic rings. The lowest BCUT2D eigenvalue weighted by atomic mass is 10.0. The van der Waals surface area contributed by atoms with E-state index >= 15 is 0 Å². The molecule has 0 N–H and O–H groups in total. The fraction of sp³-hybridized carbons (Fsp3) is 0.200. The first kappa shape index (κ1) is 13.4. The Labute approximate surface area is 93.7 Å². The maximum Gasteiger partial charge on any atom is -0.0161 e. The molecule has 0 atom stereocenters. The van der Waals surface area contributed by atoms with Crippen molar-refractivity contribution in [2.45, 2.75) is 20.8 Å². The summed E-state index contributed by atoms with van der Waals surface area (Å²) in [5, 5.41) is 0. The Morgan fingerprint density at radius 3 is 2.33 bits per heavy atom. The third-order valence-corrected chi connectivity index (χ3v) is 1.92. The molecule has 80 valence electrons. The highest BCUT2D eigenvalue weighted by atomic mass is 14.0. The highest BCUT2D eigenvalue weighted by Crippen LogP contribution is 2.17. The highest BCUT2D eigenvalue weighted by molar-refractivity contribution is 5.74. The van der Waals surface area contributed by atoms with Gasteiger partial charge in [0.2, 0.25) is 0 Å². The highest BCUT2D eigenvalue weighted by Gasteiger charge is 1.96. The molecule has 0 spiro atoms. The molecule has 1 rings (SSSR count). The van der Waals surface area contributed by atoms with Gasteiger partial charge in [0.25, 0.3) is 0 Å². The molecule has 0 heteroatoms. The maximum atomic E-state index is 3.99. The van der Waals surface area contributed by atoms with Crippen LogP contribution in [0.3, 0.4) is 0 Å². The largest absolute Gasteiger partial charge is 0.0991 e. The van der Waals surface area contributed by atoms with Crippen molar-refractivity contribution in [2.24, 2.45) is 0 Å². The summed E-state index contributed by atoms with van der Waals surface area (Å²) in [5.74, 6) is 0. The molecule has 0 radical (unpaired) electrons. The number of hydrogen-bond acceptors (Lipinski definition) is 0. The van der Waals surface area contributed by atoms with E-state index < -0.39 is 0 Å². The van der Waals surface area contributed by atoms with Crippen molar-refractivity contribution in [2.75, 3.05) is 0 Å². The summed E-state index contributed by atoms with van der Waals surface area (Å²) in [6.45, 7) is 13.7. The van der Waals surface area contributed by atoms with Crippen LogP contribution in [-0.2, 0) is 0 Å². The Bertz CT molecular complexity index is 343. The molecule has 0 amide bonds. The van der Waals surface area contributed by atoms with Crippen molar-refractivity contribution < 1.29 is 0 Å². The van der Waals surface area contributed by atoms with Gasteiger partial charge in [-0.3, -0.25) is 0 Å². The molecule has 0 nitrogen and oxygen atoms in total. The molecule has 0 bridgehead atoms. The lowest BCUT2D eigenvalue weighted by Gasteiger charge is -2.03. The zero-order valence-corrected chi connectivity index (χ0v) is 9.96. The molecule has 0 aliphatic carbocycles. The normalized spacial score (nSPS) is 9.27. The average molecular weight is 200 g/mol. The van der Waals surface area contributed by atoms with Crippen molar-refractivity contribution >= 4 is 5.57 Å². The van der Waals surface area contributed by atoms with Gasteiger partial charge in [-0.25, -0.2) is 0 Å². The zero-order valence-electron chi connectivity index (χ0n) is 9.96. The van der Waals surface area contributed by atoms with Crippen molar-refractivity contribution in [3.8, 4) is 0 Å². The molecule has 0 aliphatic heterocycles. The first-order chi connectivity index (χ1) is 7.25. The third kappa shape index (κ3) is 4.46. The lowest BCUT2D eigenvalue weighted by Crippen LogP contribution is -1.83. The summed E-state index contributed by atoms with van der Waals surface area (Å²) in [4.78, 5) is 0. The second-order valence-corrected chi connectivity index (χ2v) is 2.93. The number of rotatable bonds is 3. The van der Waals surface area contributed by atoms with E-state index in [1.54, 1.807) is 6.08 Å². The first-order valence-corrected chi connectivity index (χ1v) is 5.29. The van der Waals surface area contributed by atoms with Crippen LogP contribution in [-0.4, -0.2) is 0 Å². The van der Waals surface area contributed by atoms with E-state index in [-0.39, 0.29) is 0 Å². The molecule has 0 aromatic heterocycles. The Kier molecular flexibility index (Phi) is 7.00. The topological polar surface area (TPSA) is 0 Å². The molecule has 15 heavy (non-hydrogen) atoms. The van der Waals surface area contributed by atoms with Crippen molar-refractivity contribution in [1.29, 1.82) is 0 Å². The number of aryl methyl sites for hydroxylation is 1. The van der Waals surface area contributed by atoms with Gasteiger partial charge < -0.3 is 0 Å². The van der Waals surface area contributed by atoms with Crippen LogP contribution in [0.4, 0.5) is 0 Å². The van der Waals surface area contributed by atoms with Crippen LogP contribution in [0, 0.1) is 6.92 Å². The van der Waals surface area contributed by atoms with Gasteiger partial charge in [0, 0.05) is 0 Å². The number of hydrogen-bond donors (Lipinski definition) is 0. The van der Waals surface area contributed by atoms with Gasteiger partial charge in [0.05, 0.1) is 0 Å². The van der Waals surface area contributed by atoms with Gasteiger partial charge in [-0.05, 0) is 23.6 Å². The minimum atomic E-state index is 1.03.